The molecule has 3 aromatic carbocycles. The quantitative estimate of drug-likeness (QED) is 0.520. The van der Waals surface area contributed by atoms with E-state index in [0.717, 1.165) is 11.3 Å². The summed E-state index contributed by atoms with van der Waals surface area (Å²) in [5.74, 6) is 1.37. The highest BCUT2D eigenvalue weighted by molar-refractivity contribution is 6.01. The van der Waals surface area contributed by atoms with E-state index >= 15 is 0 Å². The molecule has 0 aromatic heterocycles. The summed E-state index contributed by atoms with van der Waals surface area (Å²) >= 11 is 0. The van der Waals surface area contributed by atoms with Gasteiger partial charge in [0.15, 0.2) is 0 Å². The molecule has 3 rings (SSSR count). The first-order valence-corrected chi connectivity index (χ1v) is 7.80. The molecule has 0 unspecified atom stereocenters. The summed E-state index contributed by atoms with van der Waals surface area (Å²) in [6, 6.07) is 23.3. The maximum atomic E-state index is 12.0. The number of rotatable bonds is 5. The predicted molar refractivity (Wildman–Crippen MR) is 98.7 cm³/mol. The smallest absolute Gasteiger partial charge is 0.248 e. The maximum absolute atomic E-state index is 12.0. The molecule has 0 aliphatic carbocycles. The number of benzene rings is 3. The van der Waals surface area contributed by atoms with Gasteiger partial charge >= 0.3 is 0 Å². The minimum absolute atomic E-state index is 0.156. The van der Waals surface area contributed by atoms with Crippen LogP contribution < -0.4 is 10.1 Å². The van der Waals surface area contributed by atoms with Crippen molar-refractivity contribution in [1.29, 1.82) is 0 Å². The van der Waals surface area contributed by atoms with Gasteiger partial charge in [0.2, 0.25) is 5.91 Å². The predicted octanol–water partition coefficient (Wildman–Crippen LogP) is 4.84. The van der Waals surface area contributed by atoms with Crippen molar-refractivity contribution in [3.8, 4) is 17.2 Å². The SMILES string of the molecule is O=C(/C=C/c1cccc(Oc2ccccc2)c1)Nc1ccc(O)cc1. The van der Waals surface area contributed by atoms with Gasteiger partial charge in [0, 0.05) is 11.8 Å². The first-order chi connectivity index (χ1) is 12.2. The normalized spacial score (nSPS) is 10.6. The standard InChI is InChI=1S/C21H17NO3/c23-18-12-10-17(11-13-18)22-21(24)14-9-16-5-4-8-20(15-16)25-19-6-2-1-3-7-19/h1-15,23H,(H,22,24)/b14-9+. The molecule has 0 atom stereocenters. The lowest BCUT2D eigenvalue weighted by Gasteiger charge is -2.06. The molecular weight excluding hydrogens is 314 g/mol. The molecule has 3 aromatic rings. The molecule has 2 N–H and O–H groups in total. The molecule has 0 bridgehead atoms. The molecule has 0 saturated heterocycles. The Labute approximate surface area is 146 Å². The summed E-state index contributed by atoms with van der Waals surface area (Å²) in [6.07, 6.45) is 3.17. The second-order valence-electron chi connectivity index (χ2n) is 5.36. The van der Waals surface area contributed by atoms with E-state index < -0.39 is 0 Å². The van der Waals surface area contributed by atoms with Crippen molar-refractivity contribution >= 4 is 17.7 Å². The molecule has 25 heavy (non-hydrogen) atoms. The third-order valence-corrected chi connectivity index (χ3v) is 3.40. The van der Waals surface area contributed by atoms with Crippen LogP contribution in [0.15, 0.2) is 84.9 Å². The molecule has 0 heterocycles. The van der Waals surface area contributed by atoms with Gasteiger partial charge in [-0.3, -0.25) is 4.79 Å². The zero-order chi connectivity index (χ0) is 17.5. The van der Waals surface area contributed by atoms with Crippen LogP contribution in [0.4, 0.5) is 5.69 Å². The van der Waals surface area contributed by atoms with Crippen LogP contribution in [0.3, 0.4) is 0 Å². The molecule has 0 aliphatic heterocycles. The van der Waals surface area contributed by atoms with Crippen molar-refractivity contribution in [1.82, 2.24) is 0 Å². The number of hydrogen-bond donors (Lipinski definition) is 2. The van der Waals surface area contributed by atoms with Crippen LogP contribution in [0, 0.1) is 0 Å². The molecule has 4 nitrogen and oxygen atoms in total. The van der Waals surface area contributed by atoms with Gasteiger partial charge in [0.05, 0.1) is 0 Å². The Bertz CT molecular complexity index is 871. The minimum Gasteiger partial charge on any atom is -0.508 e. The number of phenolic OH excluding ortho intramolecular Hbond substituents is 1. The van der Waals surface area contributed by atoms with Crippen LogP contribution in [0.5, 0.6) is 17.2 Å². The Hall–Kier alpha value is -3.53. The van der Waals surface area contributed by atoms with Crippen molar-refractivity contribution < 1.29 is 14.6 Å². The van der Waals surface area contributed by atoms with Crippen LogP contribution in [0.25, 0.3) is 6.08 Å². The number of anilines is 1. The second kappa shape index (κ2) is 7.84. The molecule has 1 amide bonds. The summed E-state index contributed by atoms with van der Waals surface area (Å²) < 4.78 is 5.77. The van der Waals surface area contributed by atoms with E-state index in [-0.39, 0.29) is 11.7 Å². The van der Waals surface area contributed by atoms with E-state index in [1.165, 1.54) is 18.2 Å². The van der Waals surface area contributed by atoms with Gasteiger partial charge in [0.1, 0.15) is 17.2 Å². The van der Waals surface area contributed by atoms with Crippen LogP contribution in [0.1, 0.15) is 5.56 Å². The Morgan fingerprint density at radius 3 is 2.36 bits per heavy atom. The fraction of sp³-hybridized carbons (Fsp3) is 0. The van der Waals surface area contributed by atoms with Crippen molar-refractivity contribution in [2.24, 2.45) is 0 Å². The molecule has 0 spiro atoms. The van der Waals surface area contributed by atoms with E-state index in [9.17, 15) is 9.90 Å². The summed E-state index contributed by atoms with van der Waals surface area (Å²) in [4.78, 5) is 12.0. The van der Waals surface area contributed by atoms with Gasteiger partial charge < -0.3 is 15.2 Å². The number of para-hydroxylation sites is 1. The van der Waals surface area contributed by atoms with Gasteiger partial charge in [-0.15, -0.1) is 0 Å². The lowest BCUT2D eigenvalue weighted by molar-refractivity contribution is -0.111. The lowest BCUT2D eigenvalue weighted by Crippen LogP contribution is -2.07. The third-order valence-electron chi connectivity index (χ3n) is 3.40. The summed E-state index contributed by atoms with van der Waals surface area (Å²) in [5, 5.41) is 12.0. The molecule has 0 saturated carbocycles. The molecule has 0 aliphatic rings. The Morgan fingerprint density at radius 2 is 1.60 bits per heavy atom. The number of aromatic hydroxyl groups is 1. The summed E-state index contributed by atoms with van der Waals surface area (Å²) in [7, 11) is 0. The highest BCUT2D eigenvalue weighted by Crippen LogP contribution is 2.22. The number of amides is 1. The molecule has 124 valence electrons. The number of hydrogen-bond acceptors (Lipinski definition) is 3. The largest absolute Gasteiger partial charge is 0.508 e. The van der Waals surface area contributed by atoms with Gasteiger partial charge in [-0.25, -0.2) is 0 Å². The van der Waals surface area contributed by atoms with E-state index in [2.05, 4.69) is 5.32 Å². The number of carbonyl (C=O) groups is 1. The Balaban J connectivity index is 1.63. The highest BCUT2D eigenvalue weighted by atomic mass is 16.5. The minimum atomic E-state index is -0.250. The molecule has 4 heteroatoms. The Kier molecular flexibility index (Phi) is 5.12. The topological polar surface area (TPSA) is 58.6 Å². The monoisotopic (exact) mass is 331 g/mol. The van der Waals surface area contributed by atoms with Crippen LogP contribution in [-0.2, 0) is 4.79 Å². The van der Waals surface area contributed by atoms with Gasteiger partial charge in [-0.2, -0.15) is 0 Å². The van der Waals surface area contributed by atoms with E-state index in [1.807, 2.05) is 54.6 Å². The van der Waals surface area contributed by atoms with Gasteiger partial charge in [-0.1, -0.05) is 30.3 Å². The van der Waals surface area contributed by atoms with Gasteiger partial charge in [-0.05, 0) is 60.2 Å². The van der Waals surface area contributed by atoms with Crippen LogP contribution in [0.2, 0.25) is 0 Å². The summed E-state index contributed by atoms with van der Waals surface area (Å²) in [6.45, 7) is 0. The fourth-order valence-electron chi connectivity index (χ4n) is 2.21. The van der Waals surface area contributed by atoms with Crippen LogP contribution in [-0.4, -0.2) is 11.0 Å². The lowest BCUT2D eigenvalue weighted by atomic mass is 10.2. The van der Waals surface area contributed by atoms with Crippen molar-refractivity contribution in [3.63, 3.8) is 0 Å². The van der Waals surface area contributed by atoms with Gasteiger partial charge in [0.25, 0.3) is 0 Å². The third kappa shape index (κ3) is 4.97. The average molecular weight is 331 g/mol. The van der Waals surface area contributed by atoms with Crippen molar-refractivity contribution in [2.45, 2.75) is 0 Å². The second-order valence-corrected chi connectivity index (χ2v) is 5.36. The first-order valence-electron chi connectivity index (χ1n) is 7.80. The molecular formula is C21H17NO3. The van der Waals surface area contributed by atoms with Crippen LogP contribution >= 0.6 is 0 Å². The molecule has 0 radical (unpaired) electrons. The maximum Gasteiger partial charge on any atom is 0.248 e. The fourth-order valence-corrected chi connectivity index (χ4v) is 2.21. The number of carbonyl (C=O) groups excluding carboxylic acids is 1. The summed E-state index contributed by atoms with van der Waals surface area (Å²) in [5.41, 5.74) is 1.47. The van der Waals surface area contributed by atoms with E-state index in [0.29, 0.717) is 11.4 Å². The molecule has 0 fully saturated rings. The average Bonchev–Trinajstić information content (AvgIpc) is 2.63. The first kappa shape index (κ1) is 16.3. The number of phenols is 1. The highest BCUT2D eigenvalue weighted by Gasteiger charge is 2.00. The van der Waals surface area contributed by atoms with Crippen molar-refractivity contribution in [2.75, 3.05) is 5.32 Å². The number of nitrogens with one attached hydrogen (secondary N) is 1. The zero-order valence-corrected chi connectivity index (χ0v) is 13.4. The van der Waals surface area contributed by atoms with E-state index in [1.54, 1.807) is 18.2 Å². The Morgan fingerprint density at radius 1 is 0.880 bits per heavy atom. The number of ether oxygens (including phenoxy) is 1. The zero-order valence-electron chi connectivity index (χ0n) is 13.4. The van der Waals surface area contributed by atoms with E-state index in [4.69, 9.17) is 4.74 Å². The van der Waals surface area contributed by atoms with Crippen molar-refractivity contribution in [3.05, 3.63) is 90.5 Å².